The van der Waals surface area contributed by atoms with E-state index in [-0.39, 0.29) is 0 Å². The number of hydrogen-bond donors (Lipinski definition) is 2. The highest BCUT2D eigenvalue weighted by Crippen LogP contribution is 2.13. The Morgan fingerprint density at radius 2 is 2.33 bits per heavy atom. The van der Waals surface area contributed by atoms with E-state index in [1.807, 2.05) is 0 Å². The van der Waals surface area contributed by atoms with Crippen molar-refractivity contribution in [2.24, 2.45) is 10.9 Å². The van der Waals surface area contributed by atoms with Crippen LogP contribution >= 0.6 is 0 Å². The smallest absolute Gasteiger partial charge is 0.0963 e. The van der Waals surface area contributed by atoms with Crippen molar-refractivity contribution < 1.29 is 0 Å². The van der Waals surface area contributed by atoms with E-state index < -0.39 is 0 Å². The van der Waals surface area contributed by atoms with Crippen LogP contribution < -0.4 is 10.6 Å². The van der Waals surface area contributed by atoms with Crippen molar-refractivity contribution in [1.82, 2.24) is 10.6 Å². The minimum atomic E-state index is 0.885. The Kier molecular flexibility index (Phi) is 4.45. The van der Waals surface area contributed by atoms with Gasteiger partial charge in [-0.1, -0.05) is 0 Å². The molecule has 0 amide bonds. The normalized spacial score (nSPS) is 27.2. The van der Waals surface area contributed by atoms with Gasteiger partial charge in [0, 0.05) is 19.5 Å². The summed E-state index contributed by atoms with van der Waals surface area (Å²) < 4.78 is 0. The first-order valence-electron chi connectivity index (χ1n) is 6.43. The van der Waals surface area contributed by atoms with Crippen molar-refractivity contribution in [3.63, 3.8) is 0 Å². The lowest BCUT2D eigenvalue weighted by Crippen LogP contribution is -2.33. The van der Waals surface area contributed by atoms with Crippen LogP contribution in [0.25, 0.3) is 0 Å². The molecule has 15 heavy (non-hydrogen) atoms. The first-order valence-corrected chi connectivity index (χ1v) is 6.43. The predicted molar refractivity (Wildman–Crippen MR) is 64.4 cm³/mol. The first kappa shape index (κ1) is 10.9. The van der Waals surface area contributed by atoms with Gasteiger partial charge >= 0.3 is 0 Å². The lowest BCUT2D eigenvalue weighted by Gasteiger charge is -2.23. The number of nitrogens with one attached hydrogen (secondary N) is 2. The highest BCUT2D eigenvalue weighted by Gasteiger charge is 2.12. The average molecular weight is 209 g/mol. The van der Waals surface area contributed by atoms with Crippen LogP contribution in [0.5, 0.6) is 0 Å². The van der Waals surface area contributed by atoms with Gasteiger partial charge < -0.3 is 10.6 Å². The average Bonchev–Trinajstić information content (AvgIpc) is 2.32. The molecular formula is C12H23N3. The van der Waals surface area contributed by atoms with Crippen LogP contribution in [0.1, 0.15) is 38.5 Å². The van der Waals surface area contributed by atoms with Gasteiger partial charge in [-0.15, -0.1) is 0 Å². The third kappa shape index (κ3) is 3.82. The molecule has 1 atom stereocenters. The number of aliphatic imine (C=N–C) groups is 1. The fourth-order valence-corrected chi connectivity index (χ4v) is 2.43. The Morgan fingerprint density at radius 3 is 3.07 bits per heavy atom. The predicted octanol–water partition coefficient (Wildman–Crippen LogP) is 1.55. The van der Waals surface area contributed by atoms with Gasteiger partial charge in [0.25, 0.3) is 0 Å². The zero-order valence-corrected chi connectivity index (χ0v) is 9.60. The van der Waals surface area contributed by atoms with E-state index in [9.17, 15) is 0 Å². The molecule has 1 saturated heterocycles. The maximum atomic E-state index is 4.50. The second-order valence-electron chi connectivity index (χ2n) is 4.71. The van der Waals surface area contributed by atoms with Crippen LogP contribution in [0.3, 0.4) is 0 Å². The number of piperidine rings is 1. The molecule has 86 valence electrons. The van der Waals surface area contributed by atoms with Gasteiger partial charge in [0.05, 0.1) is 5.84 Å². The Hall–Kier alpha value is -0.570. The largest absolute Gasteiger partial charge is 0.374 e. The zero-order valence-electron chi connectivity index (χ0n) is 9.60. The van der Waals surface area contributed by atoms with E-state index in [4.69, 9.17) is 0 Å². The van der Waals surface area contributed by atoms with Gasteiger partial charge in [-0.2, -0.15) is 0 Å². The Morgan fingerprint density at radius 1 is 1.33 bits per heavy atom. The Labute approximate surface area is 92.7 Å². The standard InChI is InChI=1S/C12H23N3/c1-2-8-14-12(5-1)15-9-6-11-4-3-7-13-10-11/h11,13H,1-10H2,(H,14,15). The van der Waals surface area contributed by atoms with Crippen LogP contribution in [-0.2, 0) is 0 Å². The van der Waals surface area contributed by atoms with E-state index in [1.165, 1.54) is 57.5 Å². The molecule has 2 rings (SSSR count). The molecule has 0 aromatic heterocycles. The molecule has 0 bridgehead atoms. The summed E-state index contributed by atoms with van der Waals surface area (Å²) >= 11 is 0. The second-order valence-corrected chi connectivity index (χ2v) is 4.71. The molecule has 0 aliphatic carbocycles. The van der Waals surface area contributed by atoms with Crippen LogP contribution in [0.15, 0.2) is 4.99 Å². The molecule has 0 aromatic carbocycles. The summed E-state index contributed by atoms with van der Waals surface area (Å²) in [4.78, 5) is 4.50. The van der Waals surface area contributed by atoms with Gasteiger partial charge in [-0.05, 0) is 51.1 Å². The quantitative estimate of drug-likeness (QED) is 0.740. The van der Waals surface area contributed by atoms with Crippen molar-refractivity contribution >= 4 is 5.84 Å². The zero-order chi connectivity index (χ0) is 10.3. The highest BCUT2D eigenvalue weighted by molar-refractivity contribution is 5.82. The van der Waals surface area contributed by atoms with Gasteiger partial charge in [-0.25, -0.2) is 0 Å². The molecule has 3 heteroatoms. The van der Waals surface area contributed by atoms with Gasteiger partial charge in [-0.3, -0.25) is 4.99 Å². The van der Waals surface area contributed by atoms with Crippen molar-refractivity contribution in [3.8, 4) is 0 Å². The summed E-state index contributed by atoms with van der Waals surface area (Å²) in [5.74, 6) is 2.14. The van der Waals surface area contributed by atoms with Gasteiger partial charge in [0.2, 0.25) is 0 Å². The molecule has 2 aliphatic rings. The lowest BCUT2D eigenvalue weighted by atomic mass is 9.96. The molecule has 0 saturated carbocycles. The minimum absolute atomic E-state index is 0.885. The van der Waals surface area contributed by atoms with Crippen LogP contribution in [-0.4, -0.2) is 32.0 Å². The van der Waals surface area contributed by atoms with E-state index in [0.29, 0.717) is 0 Å². The maximum absolute atomic E-state index is 4.50. The lowest BCUT2D eigenvalue weighted by molar-refractivity contribution is 0.358. The fraction of sp³-hybridized carbons (Fsp3) is 0.917. The molecule has 1 fully saturated rings. The molecule has 2 N–H and O–H groups in total. The summed E-state index contributed by atoms with van der Waals surface area (Å²) in [7, 11) is 0. The Balaban J connectivity index is 1.59. The van der Waals surface area contributed by atoms with Gasteiger partial charge in [0.15, 0.2) is 0 Å². The van der Waals surface area contributed by atoms with Crippen molar-refractivity contribution in [1.29, 1.82) is 0 Å². The van der Waals surface area contributed by atoms with E-state index in [2.05, 4.69) is 15.6 Å². The van der Waals surface area contributed by atoms with Crippen molar-refractivity contribution in [2.45, 2.75) is 38.5 Å². The number of nitrogens with zero attached hydrogens (tertiary/aromatic N) is 1. The maximum Gasteiger partial charge on any atom is 0.0963 e. The van der Waals surface area contributed by atoms with E-state index in [0.717, 1.165) is 19.0 Å². The van der Waals surface area contributed by atoms with E-state index >= 15 is 0 Å². The van der Waals surface area contributed by atoms with E-state index in [1.54, 1.807) is 0 Å². The van der Waals surface area contributed by atoms with Crippen LogP contribution in [0.4, 0.5) is 0 Å². The second kappa shape index (κ2) is 6.11. The monoisotopic (exact) mass is 209 g/mol. The Bertz CT molecular complexity index is 207. The van der Waals surface area contributed by atoms with Crippen molar-refractivity contribution in [2.75, 3.05) is 26.2 Å². The molecule has 0 radical (unpaired) electrons. The third-order valence-corrected chi connectivity index (χ3v) is 3.40. The van der Waals surface area contributed by atoms with Gasteiger partial charge in [0.1, 0.15) is 0 Å². The highest BCUT2D eigenvalue weighted by atomic mass is 15.0. The summed E-state index contributed by atoms with van der Waals surface area (Å²) in [5, 5.41) is 6.96. The number of rotatable bonds is 3. The summed E-state index contributed by atoms with van der Waals surface area (Å²) in [6.45, 7) is 4.59. The third-order valence-electron chi connectivity index (χ3n) is 3.40. The SMILES string of the molecule is C1CCC(NCCC2CCCNC2)=NC1. The summed E-state index contributed by atoms with van der Waals surface area (Å²) in [6.07, 6.45) is 7.82. The molecule has 2 aliphatic heterocycles. The van der Waals surface area contributed by atoms with Crippen molar-refractivity contribution in [3.05, 3.63) is 0 Å². The van der Waals surface area contributed by atoms with Crippen LogP contribution in [0, 0.1) is 5.92 Å². The number of hydrogen-bond acceptors (Lipinski definition) is 3. The summed E-state index contributed by atoms with van der Waals surface area (Å²) in [5.41, 5.74) is 0. The first-order chi connectivity index (χ1) is 7.45. The molecule has 2 heterocycles. The number of amidine groups is 1. The molecule has 3 nitrogen and oxygen atoms in total. The molecular weight excluding hydrogens is 186 g/mol. The molecule has 0 aromatic rings. The topological polar surface area (TPSA) is 36.4 Å². The fourth-order valence-electron chi connectivity index (χ4n) is 2.43. The van der Waals surface area contributed by atoms with Crippen LogP contribution in [0.2, 0.25) is 0 Å². The minimum Gasteiger partial charge on any atom is -0.374 e. The molecule has 0 spiro atoms. The molecule has 1 unspecified atom stereocenters. The summed E-state index contributed by atoms with van der Waals surface area (Å²) in [6, 6.07) is 0.